The molecular formula is C20H36N6. The van der Waals surface area contributed by atoms with Crippen LogP contribution in [0.4, 0.5) is 0 Å². The summed E-state index contributed by atoms with van der Waals surface area (Å²) in [5, 5.41) is 3.52. The minimum Gasteiger partial charge on any atom is -0.357 e. The highest BCUT2D eigenvalue weighted by atomic mass is 15.3. The van der Waals surface area contributed by atoms with Crippen LogP contribution in [0.15, 0.2) is 23.7 Å². The average Bonchev–Trinajstić information content (AvgIpc) is 3.33. The Morgan fingerprint density at radius 1 is 1.31 bits per heavy atom. The molecule has 0 saturated carbocycles. The highest BCUT2D eigenvalue weighted by Crippen LogP contribution is 2.27. The van der Waals surface area contributed by atoms with Gasteiger partial charge in [0.15, 0.2) is 5.96 Å². The summed E-state index contributed by atoms with van der Waals surface area (Å²) >= 11 is 0. The van der Waals surface area contributed by atoms with E-state index in [1.54, 1.807) is 0 Å². The molecule has 1 aromatic heterocycles. The van der Waals surface area contributed by atoms with Crippen LogP contribution in [0.25, 0.3) is 0 Å². The second-order valence-electron chi connectivity index (χ2n) is 8.10. The second kappa shape index (κ2) is 9.40. The Bertz CT molecular complexity index is 549. The molecule has 3 atom stereocenters. The van der Waals surface area contributed by atoms with Gasteiger partial charge in [0.05, 0.1) is 12.4 Å². The molecule has 0 radical (unpaired) electrons. The van der Waals surface area contributed by atoms with Crippen molar-refractivity contribution >= 4 is 5.96 Å². The lowest BCUT2D eigenvalue weighted by molar-refractivity contribution is 0.188. The molecule has 6 heteroatoms. The largest absolute Gasteiger partial charge is 0.357 e. The van der Waals surface area contributed by atoms with Gasteiger partial charge in [0.1, 0.15) is 0 Å². The summed E-state index contributed by atoms with van der Waals surface area (Å²) < 4.78 is 2.26. The molecule has 0 aromatic carbocycles. The smallest absolute Gasteiger partial charge is 0.193 e. The van der Waals surface area contributed by atoms with Crippen LogP contribution in [0.1, 0.15) is 46.1 Å². The van der Waals surface area contributed by atoms with Crippen molar-refractivity contribution < 1.29 is 0 Å². The summed E-state index contributed by atoms with van der Waals surface area (Å²) in [7, 11) is 0. The van der Waals surface area contributed by atoms with Crippen molar-refractivity contribution in [1.82, 2.24) is 24.7 Å². The molecule has 1 aromatic rings. The number of nitrogens with zero attached hydrogens (tertiary/aromatic N) is 5. The van der Waals surface area contributed by atoms with Gasteiger partial charge in [-0.3, -0.25) is 4.99 Å². The van der Waals surface area contributed by atoms with Crippen LogP contribution in [-0.4, -0.2) is 71.1 Å². The van der Waals surface area contributed by atoms with Crippen molar-refractivity contribution in [2.75, 3.05) is 45.8 Å². The van der Waals surface area contributed by atoms with Crippen LogP contribution in [0.3, 0.4) is 0 Å². The minimum atomic E-state index is 0.470. The predicted molar refractivity (Wildman–Crippen MR) is 107 cm³/mol. The van der Waals surface area contributed by atoms with Crippen molar-refractivity contribution in [3.8, 4) is 0 Å². The lowest BCUT2D eigenvalue weighted by Crippen LogP contribution is -2.49. The summed E-state index contributed by atoms with van der Waals surface area (Å²) in [5.74, 6) is 2.35. The Labute approximate surface area is 158 Å². The summed E-state index contributed by atoms with van der Waals surface area (Å²) in [4.78, 5) is 14.3. The molecule has 2 aliphatic heterocycles. The van der Waals surface area contributed by atoms with E-state index in [9.17, 15) is 0 Å². The number of likely N-dealkylation sites (tertiary alicyclic amines) is 2. The number of aromatic nitrogens is 2. The van der Waals surface area contributed by atoms with E-state index in [4.69, 9.17) is 4.99 Å². The first-order valence-electron chi connectivity index (χ1n) is 10.4. The van der Waals surface area contributed by atoms with Crippen LogP contribution in [-0.2, 0) is 0 Å². The van der Waals surface area contributed by atoms with E-state index in [0.717, 1.165) is 32.1 Å². The van der Waals surface area contributed by atoms with Crippen molar-refractivity contribution in [1.29, 1.82) is 0 Å². The summed E-state index contributed by atoms with van der Waals surface area (Å²) in [6, 6.07) is 0.470. The van der Waals surface area contributed by atoms with Crippen molar-refractivity contribution in [2.45, 2.75) is 46.1 Å². The van der Waals surface area contributed by atoms with Crippen molar-refractivity contribution in [2.24, 2.45) is 16.8 Å². The third-order valence-electron chi connectivity index (χ3n) is 5.78. The molecule has 0 bridgehead atoms. The first-order valence-corrected chi connectivity index (χ1v) is 10.4. The average molecular weight is 361 g/mol. The first kappa shape index (κ1) is 19.2. The molecule has 2 fully saturated rings. The standard InChI is InChI=1S/C20H36N6/c1-4-22-20(23-13-17(2)14-24-9-5-6-10-24)25-11-7-18(3)19(15-25)26-12-8-21-16-26/h8,12,16-19H,4-7,9-11,13-15H2,1-3H3,(H,22,23). The first-order chi connectivity index (χ1) is 12.7. The van der Waals surface area contributed by atoms with Gasteiger partial charge in [-0.15, -0.1) is 0 Å². The van der Waals surface area contributed by atoms with Gasteiger partial charge >= 0.3 is 0 Å². The molecule has 0 amide bonds. The number of piperidine rings is 1. The van der Waals surface area contributed by atoms with Crippen LogP contribution in [0.5, 0.6) is 0 Å². The summed E-state index contributed by atoms with van der Waals surface area (Å²) in [6.45, 7) is 14.5. The third kappa shape index (κ3) is 5.00. The zero-order valence-electron chi connectivity index (χ0n) is 16.8. The SMILES string of the molecule is CCNC(=NCC(C)CN1CCCC1)N1CCC(C)C(n2ccnc2)C1. The fourth-order valence-electron chi connectivity index (χ4n) is 4.23. The fourth-order valence-corrected chi connectivity index (χ4v) is 4.23. The number of hydrogen-bond donors (Lipinski definition) is 1. The summed E-state index contributed by atoms with van der Waals surface area (Å²) in [5.41, 5.74) is 0. The molecule has 0 spiro atoms. The molecule has 0 aliphatic carbocycles. The van der Waals surface area contributed by atoms with Gasteiger partial charge in [-0.25, -0.2) is 4.98 Å². The minimum absolute atomic E-state index is 0.470. The lowest BCUT2D eigenvalue weighted by Gasteiger charge is -2.39. The predicted octanol–water partition coefficient (Wildman–Crippen LogP) is 2.46. The molecule has 146 valence electrons. The van der Waals surface area contributed by atoms with Gasteiger partial charge in [-0.1, -0.05) is 13.8 Å². The Morgan fingerprint density at radius 3 is 2.81 bits per heavy atom. The Balaban J connectivity index is 1.60. The number of nitrogens with one attached hydrogen (secondary N) is 1. The van der Waals surface area contributed by atoms with Crippen LogP contribution in [0, 0.1) is 11.8 Å². The fraction of sp³-hybridized carbons (Fsp3) is 0.800. The highest BCUT2D eigenvalue weighted by molar-refractivity contribution is 5.80. The maximum atomic E-state index is 5.00. The third-order valence-corrected chi connectivity index (χ3v) is 5.78. The van der Waals surface area contributed by atoms with Gasteiger partial charge in [-0.05, 0) is 51.1 Å². The molecular weight excluding hydrogens is 324 g/mol. The Morgan fingerprint density at radius 2 is 2.12 bits per heavy atom. The van der Waals surface area contributed by atoms with Gasteiger partial charge in [-0.2, -0.15) is 0 Å². The van der Waals surface area contributed by atoms with E-state index >= 15 is 0 Å². The van der Waals surface area contributed by atoms with Crippen LogP contribution >= 0.6 is 0 Å². The lowest BCUT2D eigenvalue weighted by atomic mass is 9.93. The van der Waals surface area contributed by atoms with E-state index in [0.29, 0.717) is 17.9 Å². The van der Waals surface area contributed by atoms with Crippen molar-refractivity contribution in [3.05, 3.63) is 18.7 Å². The van der Waals surface area contributed by atoms with Crippen LogP contribution < -0.4 is 5.32 Å². The number of imidazole rings is 1. The van der Waals surface area contributed by atoms with Gasteiger partial charge in [0.25, 0.3) is 0 Å². The molecule has 2 saturated heterocycles. The summed E-state index contributed by atoms with van der Waals surface area (Å²) in [6.07, 6.45) is 9.84. The monoisotopic (exact) mass is 360 g/mol. The number of rotatable bonds is 6. The van der Waals surface area contributed by atoms with Gasteiger partial charge < -0.3 is 19.7 Å². The zero-order valence-corrected chi connectivity index (χ0v) is 16.8. The van der Waals surface area contributed by atoms with E-state index in [1.807, 2.05) is 12.5 Å². The van der Waals surface area contributed by atoms with Crippen molar-refractivity contribution in [3.63, 3.8) is 0 Å². The molecule has 1 N–H and O–H groups in total. The maximum Gasteiger partial charge on any atom is 0.193 e. The molecule has 2 aliphatic rings. The zero-order chi connectivity index (χ0) is 18.4. The highest BCUT2D eigenvalue weighted by Gasteiger charge is 2.29. The molecule has 6 nitrogen and oxygen atoms in total. The molecule has 3 rings (SSSR count). The van der Waals surface area contributed by atoms with E-state index in [2.05, 4.69) is 51.6 Å². The quantitative estimate of drug-likeness (QED) is 0.625. The topological polar surface area (TPSA) is 48.7 Å². The molecule has 26 heavy (non-hydrogen) atoms. The molecule has 3 heterocycles. The normalized spacial score (nSPS) is 26.3. The Hall–Kier alpha value is -1.56. The maximum absolute atomic E-state index is 5.00. The Kier molecular flexibility index (Phi) is 6.94. The van der Waals surface area contributed by atoms with E-state index < -0.39 is 0 Å². The van der Waals surface area contributed by atoms with Crippen LogP contribution in [0.2, 0.25) is 0 Å². The van der Waals surface area contributed by atoms with Gasteiger partial charge in [0, 0.05) is 45.1 Å². The molecule has 3 unspecified atom stereocenters. The second-order valence-corrected chi connectivity index (χ2v) is 8.10. The van der Waals surface area contributed by atoms with E-state index in [1.165, 1.54) is 38.9 Å². The number of aliphatic imine (C=N–C) groups is 1. The number of hydrogen-bond acceptors (Lipinski definition) is 3. The van der Waals surface area contributed by atoms with Gasteiger partial charge in [0.2, 0.25) is 0 Å². The number of guanidine groups is 1. The van der Waals surface area contributed by atoms with E-state index in [-0.39, 0.29) is 0 Å².